The molecule has 102 valence electrons. The van der Waals surface area contributed by atoms with Gasteiger partial charge in [0.15, 0.2) is 16.5 Å². The summed E-state index contributed by atoms with van der Waals surface area (Å²) in [5.41, 5.74) is 7.52. The highest BCUT2D eigenvalue weighted by Gasteiger charge is 2.03. The fourth-order valence-corrected chi connectivity index (χ4v) is 1.21. The van der Waals surface area contributed by atoms with Gasteiger partial charge < -0.3 is 15.2 Å². The summed E-state index contributed by atoms with van der Waals surface area (Å²) in [7, 11) is 3.04. The van der Waals surface area contributed by atoms with E-state index < -0.39 is 11.0 Å². The Balaban J connectivity index is 2.79. The second-order valence-electron chi connectivity index (χ2n) is 3.21. The summed E-state index contributed by atoms with van der Waals surface area (Å²) in [6.45, 7) is 0. The summed E-state index contributed by atoms with van der Waals surface area (Å²) in [4.78, 5) is 10.0. The second kappa shape index (κ2) is 6.79. The lowest BCUT2D eigenvalue weighted by Crippen LogP contribution is -2.35. The third kappa shape index (κ3) is 4.50. The molecule has 1 aromatic carbocycles. The number of ether oxygens (including phenoxy) is 2. The normalized spacial score (nSPS) is 11.4. The van der Waals surface area contributed by atoms with E-state index in [1.54, 1.807) is 23.6 Å². The Morgan fingerprint density at radius 3 is 2.68 bits per heavy atom. The molecule has 0 aliphatic heterocycles. The average molecular weight is 267 g/mol. The topological polar surface area (TPSA) is 124 Å². The number of nitrogens with zero attached hydrogens (tertiary/aromatic N) is 3. The van der Waals surface area contributed by atoms with Crippen molar-refractivity contribution < 1.29 is 14.5 Å². The van der Waals surface area contributed by atoms with Gasteiger partial charge in [-0.2, -0.15) is 5.10 Å². The smallest absolute Gasteiger partial charge is 0.275 e. The summed E-state index contributed by atoms with van der Waals surface area (Å²) >= 11 is 0. The Bertz CT molecular complexity index is 515. The van der Waals surface area contributed by atoms with Crippen LogP contribution in [0.3, 0.4) is 0 Å². The van der Waals surface area contributed by atoms with Crippen LogP contribution in [0.15, 0.2) is 28.4 Å². The van der Waals surface area contributed by atoms with Crippen LogP contribution in [0.1, 0.15) is 5.56 Å². The van der Waals surface area contributed by atoms with E-state index in [9.17, 15) is 10.1 Å². The highest BCUT2D eigenvalue weighted by Crippen LogP contribution is 2.26. The van der Waals surface area contributed by atoms with E-state index in [1.165, 1.54) is 20.4 Å². The van der Waals surface area contributed by atoms with Crippen LogP contribution < -0.4 is 20.6 Å². The number of guanidine groups is 1. The van der Waals surface area contributed by atoms with Gasteiger partial charge in [-0.15, -0.1) is 5.10 Å². The Morgan fingerprint density at radius 2 is 2.11 bits per heavy atom. The van der Waals surface area contributed by atoms with Crippen LogP contribution in [0.4, 0.5) is 0 Å². The van der Waals surface area contributed by atoms with E-state index in [0.717, 1.165) is 0 Å². The van der Waals surface area contributed by atoms with Crippen LogP contribution in [0.5, 0.6) is 11.5 Å². The molecule has 0 aliphatic carbocycles. The van der Waals surface area contributed by atoms with Crippen LogP contribution in [0, 0.1) is 10.1 Å². The SMILES string of the molecule is COc1ccc(/C=N\N=C(N)N[N+](=O)[O-])cc1OC. The van der Waals surface area contributed by atoms with E-state index >= 15 is 0 Å². The molecule has 0 aromatic heterocycles. The van der Waals surface area contributed by atoms with Crippen molar-refractivity contribution in [3.63, 3.8) is 0 Å². The van der Waals surface area contributed by atoms with Crippen LogP contribution >= 0.6 is 0 Å². The number of hydrogen-bond donors (Lipinski definition) is 2. The van der Waals surface area contributed by atoms with Gasteiger partial charge in [0.05, 0.1) is 20.4 Å². The molecule has 3 N–H and O–H groups in total. The number of methoxy groups -OCH3 is 2. The van der Waals surface area contributed by atoms with Gasteiger partial charge in [0.1, 0.15) is 0 Å². The van der Waals surface area contributed by atoms with Gasteiger partial charge in [-0.3, -0.25) is 0 Å². The first-order valence-electron chi connectivity index (χ1n) is 5.06. The number of rotatable bonds is 5. The second-order valence-corrected chi connectivity index (χ2v) is 3.21. The molecule has 0 fully saturated rings. The molecule has 0 bridgehead atoms. The zero-order valence-electron chi connectivity index (χ0n) is 10.4. The van der Waals surface area contributed by atoms with Crippen molar-refractivity contribution >= 4 is 12.2 Å². The van der Waals surface area contributed by atoms with Gasteiger partial charge in [-0.25, -0.2) is 10.1 Å². The lowest BCUT2D eigenvalue weighted by atomic mass is 10.2. The molecule has 1 aromatic rings. The standard InChI is InChI=1S/C10H13N5O4/c1-18-8-4-3-7(5-9(8)19-2)6-12-13-10(11)14-15(16)17/h3-6H,1-2H3,(H3,11,13,14)/b12-6-. The summed E-state index contributed by atoms with van der Waals surface area (Å²) in [6, 6.07) is 5.09. The number of nitro groups is 1. The predicted octanol–water partition coefficient (Wildman–Crippen LogP) is 0.134. The van der Waals surface area contributed by atoms with Gasteiger partial charge in [-0.1, -0.05) is 5.43 Å². The fraction of sp³-hybridized carbons (Fsp3) is 0.200. The first kappa shape index (κ1) is 14.2. The van der Waals surface area contributed by atoms with Crippen molar-refractivity contribution in [2.75, 3.05) is 14.2 Å². The third-order valence-corrected chi connectivity index (χ3v) is 1.99. The molecule has 0 saturated heterocycles. The number of hydrogen-bond acceptors (Lipinski definition) is 6. The molecule has 0 saturated carbocycles. The first-order chi connectivity index (χ1) is 9.06. The molecule has 1 rings (SSSR count). The minimum Gasteiger partial charge on any atom is -0.493 e. The minimum absolute atomic E-state index is 0.415. The molecule has 0 spiro atoms. The number of nitrogens with two attached hydrogens (primary N) is 1. The lowest BCUT2D eigenvalue weighted by Gasteiger charge is -2.07. The minimum atomic E-state index is -0.829. The van der Waals surface area contributed by atoms with E-state index in [-0.39, 0.29) is 0 Å². The maximum Gasteiger partial charge on any atom is 0.275 e. The van der Waals surface area contributed by atoms with E-state index in [1.807, 2.05) is 0 Å². The summed E-state index contributed by atoms with van der Waals surface area (Å²) < 4.78 is 10.2. The molecule has 9 nitrogen and oxygen atoms in total. The van der Waals surface area contributed by atoms with Crippen molar-refractivity contribution in [3.05, 3.63) is 33.9 Å². The van der Waals surface area contributed by atoms with E-state index in [0.29, 0.717) is 17.1 Å². The highest BCUT2D eigenvalue weighted by atomic mass is 16.7. The molecule has 0 amide bonds. The van der Waals surface area contributed by atoms with Crippen LogP contribution in [-0.4, -0.2) is 31.4 Å². The van der Waals surface area contributed by atoms with Crippen LogP contribution in [0.2, 0.25) is 0 Å². The molecular weight excluding hydrogens is 254 g/mol. The maximum atomic E-state index is 10.0. The van der Waals surface area contributed by atoms with Gasteiger partial charge in [0.25, 0.3) is 5.96 Å². The van der Waals surface area contributed by atoms with Gasteiger partial charge in [0.2, 0.25) is 0 Å². The molecule has 0 aliphatic rings. The van der Waals surface area contributed by atoms with Crippen LogP contribution in [-0.2, 0) is 0 Å². The number of nitrogens with one attached hydrogen (secondary N) is 1. The Hall–Kier alpha value is -2.84. The Kier molecular flexibility index (Phi) is 5.08. The maximum absolute atomic E-state index is 10.0. The number of benzene rings is 1. The van der Waals surface area contributed by atoms with Crippen molar-refractivity contribution in [2.45, 2.75) is 0 Å². The Morgan fingerprint density at radius 1 is 1.42 bits per heavy atom. The zero-order valence-corrected chi connectivity index (χ0v) is 10.4. The van der Waals surface area contributed by atoms with Gasteiger partial charge in [-0.05, 0) is 23.8 Å². The summed E-state index contributed by atoms with van der Waals surface area (Å²) in [5, 5.41) is 16.2. The largest absolute Gasteiger partial charge is 0.493 e. The van der Waals surface area contributed by atoms with Crippen molar-refractivity contribution in [1.29, 1.82) is 0 Å². The molecule has 9 heteroatoms. The fourth-order valence-electron chi connectivity index (χ4n) is 1.21. The lowest BCUT2D eigenvalue weighted by molar-refractivity contribution is -0.525. The quantitative estimate of drug-likeness (QED) is 0.338. The van der Waals surface area contributed by atoms with Gasteiger partial charge >= 0.3 is 0 Å². The number of hydrazine groups is 1. The van der Waals surface area contributed by atoms with Crippen molar-refractivity contribution in [3.8, 4) is 11.5 Å². The first-order valence-corrected chi connectivity index (χ1v) is 5.06. The van der Waals surface area contributed by atoms with Crippen molar-refractivity contribution in [1.82, 2.24) is 5.43 Å². The summed E-state index contributed by atoms with van der Waals surface area (Å²) in [5.74, 6) is 0.700. The zero-order chi connectivity index (χ0) is 14.3. The van der Waals surface area contributed by atoms with Gasteiger partial charge in [0, 0.05) is 0 Å². The molecular formula is C10H13N5O4. The Labute approximate surface area is 108 Å². The van der Waals surface area contributed by atoms with E-state index in [2.05, 4.69) is 10.2 Å². The molecule has 0 unspecified atom stereocenters. The molecule has 19 heavy (non-hydrogen) atoms. The highest BCUT2D eigenvalue weighted by molar-refractivity contribution is 5.82. The molecule has 0 atom stereocenters. The monoisotopic (exact) mass is 267 g/mol. The van der Waals surface area contributed by atoms with Crippen LogP contribution in [0.25, 0.3) is 0 Å². The summed E-state index contributed by atoms with van der Waals surface area (Å²) in [6.07, 6.45) is 1.37. The predicted molar refractivity (Wildman–Crippen MR) is 68.9 cm³/mol. The van der Waals surface area contributed by atoms with E-state index in [4.69, 9.17) is 15.2 Å². The molecule has 0 radical (unpaired) electrons. The van der Waals surface area contributed by atoms with Crippen molar-refractivity contribution in [2.24, 2.45) is 15.9 Å². The third-order valence-electron chi connectivity index (χ3n) is 1.99. The average Bonchev–Trinajstić information content (AvgIpc) is 2.37. The molecule has 0 heterocycles.